The lowest BCUT2D eigenvalue weighted by atomic mass is 9.58. The molecule has 5 fully saturated rings. The number of nitrogens with zero attached hydrogens (tertiary/aromatic N) is 6. The number of sulfone groups is 1. The lowest BCUT2D eigenvalue weighted by molar-refractivity contribution is -0.129. The van der Waals surface area contributed by atoms with Crippen molar-refractivity contribution in [1.82, 2.24) is 29.6 Å². The van der Waals surface area contributed by atoms with Gasteiger partial charge in [-0.3, -0.25) is 9.69 Å². The number of imidazole rings is 1. The average molecular weight is 858 g/mol. The second-order valence-electron chi connectivity index (χ2n) is 18.2. The van der Waals surface area contributed by atoms with Gasteiger partial charge in [0.15, 0.2) is 9.84 Å². The second kappa shape index (κ2) is 19.0. The van der Waals surface area contributed by atoms with Crippen molar-refractivity contribution in [3.8, 4) is 0 Å². The van der Waals surface area contributed by atoms with Crippen molar-refractivity contribution in [3.63, 3.8) is 0 Å². The van der Waals surface area contributed by atoms with Gasteiger partial charge in [0.2, 0.25) is 5.91 Å². The first kappa shape index (κ1) is 43.4. The average Bonchev–Trinajstić information content (AvgIpc) is 3.90. The van der Waals surface area contributed by atoms with Crippen LogP contribution in [0.2, 0.25) is 0 Å². The topological polar surface area (TPSA) is 120 Å². The van der Waals surface area contributed by atoms with Gasteiger partial charge >= 0.3 is 6.09 Å². The smallest absolute Gasteiger partial charge is 0.407 e. The first-order chi connectivity index (χ1) is 29.6. The molecule has 0 spiro atoms. The van der Waals surface area contributed by atoms with E-state index < -0.39 is 26.6 Å². The molecule has 14 heteroatoms. The molecule has 8 rings (SSSR count). The van der Waals surface area contributed by atoms with Crippen LogP contribution in [-0.4, -0.2) is 129 Å². The van der Waals surface area contributed by atoms with Gasteiger partial charge in [-0.2, -0.15) is 0 Å². The van der Waals surface area contributed by atoms with Gasteiger partial charge in [0.25, 0.3) is 0 Å². The van der Waals surface area contributed by atoms with E-state index in [2.05, 4.69) is 48.8 Å². The zero-order valence-corrected chi connectivity index (χ0v) is 36.8. The monoisotopic (exact) mass is 857 g/mol. The Hall–Kier alpha value is -4.27. The molecule has 5 heterocycles. The summed E-state index contributed by atoms with van der Waals surface area (Å²) in [5, 5.41) is 2.60. The van der Waals surface area contributed by atoms with Crippen LogP contribution in [0.25, 0.3) is 0 Å². The number of methoxy groups -OCH3 is 1. The number of likely N-dealkylation sites (tertiary alicyclic amines) is 3. The van der Waals surface area contributed by atoms with Gasteiger partial charge in [0.05, 0.1) is 12.0 Å². The summed E-state index contributed by atoms with van der Waals surface area (Å²) in [6, 6.07) is 14.4. The van der Waals surface area contributed by atoms with Crippen molar-refractivity contribution in [2.24, 2.45) is 17.8 Å². The van der Waals surface area contributed by atoms with Crippen molar-refractivity contribution in [1.29, 1.82) is 0 Å². The maximum Gasteiger partial charge on any atom is 0.407 e. The molecule has 4 aliphatic heterocycles. The van der Waals surface area contributed by atoms with E-state index >= 15 is 4.39 Å². The molecule has 1 aliphatic carbocycles. The number of nitrogens with one attached hydrogen (secondary N) is 1. The number of aromatic nitrogens is 2. The number of benzene rings is 2. The van der Waals surface area contributed by atoms with E-state index in [0.717, 1.165) is 108 Å². The van der Waals surface area contributed by atoms with Crippen LogP contribution in [0.15, 0.2) is 78.0 Å². The lowest BCUT2D eigenvalue weighted by Crippen LogP contribution is -2.56. The summed E-state index contributed by atoms with van der Waals surface area (Å²) in [4.78, 5) is 39.1. The number of amides is 2. The molecule has 330 valence electrons. The van der Waals surface area contributed by atoms with Crippen LogP contribution >= 0.6 is 0 Å². The third-order valence-corrected chi connectivity index (χ3v) is 16.7. The fourth-order valence-electron chi connectivity index (χ4n) is 11.2. The Bertz CT molecular complexity index is 2100. The molecule has 3 aromatic rings. The number of halogens is 1. The Balaban J connectivity index is 0.868. The highest BCUT2D eigenvalue weighted by Gasteiger charge is 2.52. The molecule has 2 aromatic carbocycles. The summed E-state index contributed by atoms with van der Waals surface area (Å²) in [6.45, 7) is 10.8. The van der Waals surface area contributed by atoms with Crippen LogP contribution in [0.4, 0.5) is 14.9 Å². The Labute approximate surface area is 361 Å². The number of anilines is 1. The number of piperidine rings is 2. The molecule has 1 saturated carbocycles. The Morgan fingerprint density at radius 2 is 1.69 bits per heavy atom. The van der Waals surface area contributed by atoms with E-state index in [0.29, 0.717) is 17.4 Å². The van der Waals surface area contributed by atoms with E-state index in [4.69, 9.17) is 4.74 Å². The molecule has 2 amide bonds. The zero-order valence-electron chi connectivity index (χ0n) is 36.0. The van der Waals surface area contributed by atoms with Crippen molar-refractivity contribution in [3.05, 3.63) is 90.3 Å². The number of aryl methyl sites for hydroxylation is 1. The van der Waals surface area contributed by atoms with E-state index in [-0.39, 0.29) is 42.7 Å². The third-order valence-electron chi connectivity index (χ3n) is 14.6. The lowest BCUT2D eigenvalue weighted by Gasteiger charge is -2.51. The molecule has 0 unspecified atom stereocenters. The van der Waals surface area contributed by atoms with Crippen molar-refractivity contribution in [2.45, 2.75) is 92.9 Å². The highest BCUT2D eigenvalue weighted by Crippen LogP contribution is 2.52. The van der Waals surface area contributed by atoms with E-state index in [1.54, 1.807) is 29.2 Å². The maximum absolute atomic E-state index is 15.2. The normalized spacial score (nSPS) is 23.5. The predicted molar refractivity (Wildman–Crippen MR) is 235 cm³/mol. The summed E-state index contributed by atoms with van der Waals surface area (Å²) >= 11 is 0. The van der Waals surface area contributed by atoms with Gasteiger partial charge in [0, 0.05) is 93.8 Å². The van der Waals surface area contributed by atoms with Gasteiger partial charge in [-0.15, -0.1) is 0 Å². The predicted octanol–water partition coefficient (Wildman–Crippen LogP) is 5.92. The minimum absolute atomic E-state index is 0.0849. The first-order valence-electron chi connectivity index (χ1n) is 22.7. The molecule has 3 atom stereocenters. The summed E-state index contributed by atoms with van der Waals surface area (Å²) in [7, 11) is -2.13. The van der Waals surface area contributed by atoms with Crippen LogP contribution in [0.3, 0.4) is 0 Å². The second-order valence-corrected chi connectivity index (χ2v) is 20.4. The summed E-state index contributed by atoms with van der Waals surface area (Å²) in [6.07, 6.45) is 16.2. The number of hydrogen-bond donors (Lipinski definition) is 1. The fraction of sp³-hybridized carbons (Fsp3) is 0.596. The van der Waals surface area contributed by atoms with Crippen molar-refractivity contribution >= 4 is 27.5 Å². The molecule has 12 nitrogen and oxygen atoms in total. The first-order valence-corrected chi connectivity index (χ1v) is 24.2. The van der Waals surface area contributed by atoms with Crippen molar-refractivity contribution < 1.29 is 27.1 Å². The molecule has 0 radical (unpaired) electrons. The van der Waals surface area contributed by atoms with E-state index in [1.807, 2.05) is 30.5 Å². The highest BCUT2D eigenvalue weighted by atomic mass is 32.2. The minimum atomic E-state index is -3.53. The third kappa shape index (κ3) is 9.41. The fourth-order valence-corrected chi connectivity index (χ4v) is 12.9. The number of hydrogen-bond acceptors (Lipinski definition) is 9. The molecule has 5 aliphatic rings. The largest absolute Gasteiger partial charge is 0.453 e. The van der Waals surface area contributed by atoms with Crippen LogP contribution < -0.4 is 10.2 Å². The zero-order chi connectivity index (χ0) is 42.6. The Morgan fingerprint density at radius 3 is 2.39 bits per heavy atom. The minimum Gasteiger partial charge on any atom is -0.453 e. The summed E-state index contributed by atoms with van der Waals surface area (Å²) in [5.41, 5.74) is 1.58. The van der Waals surface area contributed by atoms with Crippen molar-refractivity contribution in [2.75, 3.05) is 77.5 Å². The number of carbonyl (C=O) groups is 2. The molecule has 1 aromatic heterocycles. The number of ether oxygens (including phenoxy) is 1. The molecular formula is C47H64FN7O5S. The van der Waals surface area contributed by atoms with Crippen LogP contribution in [-0.2, 0) is 37.7 Å². The molecule has 0 bridgehead atoms. The molecule has 4 saturated heterocycles. The number of carbonyl (C=O) groups excluding carboxylic acids is 2. The Kier molecular flexibility index (Phi) is 13.5. The van der Waals surface area contributed by atoms with E-state index in [1.165, 1.54) is 32.4 Å². The Morgan fingerprint density at radius 1 is 0.934 bits per heavy atom. The summed E-state index contributed by atoms with van der Waals surface area (Å²) in [5.74, 6) is 1.49. The SMILES string of the molecule is CCc1nccn1C[C@@](c1cccc(F)c1)(C1CCN(CC2CN(c3ccc(S(=O)(=O)C4CN(C(=O)/C=C/CN5CCCCC5)C4)cc3)C2)CC1)[C@H]1CCC[C@@H]1NC(=O)OC. The van der Waals surface area contributed by atoms with Crippen LogP contribution in [0.1, 0.15) is 69.7 Å². The van der Waals surface area contributed by atoms with E-state index in [9.17, 15) is 18.0 Å². The molecule has 1 N–H and O–H groups in total. The van der Waals surface area contributed by atoms with Gasteiger partial charge in [-0.25, -0.2) is 22.6 Å². The van der Waals surface area contributed by atoms with Gasteiger partial charge < -0.3 is 29.3 Å². The van der Waals surface area contributed by atoms with Crippen LogP contribution in [0, 0.1) is 23.6 Å². The van der Waals surface area contributed by atoms with Crippen LogP contribution in [0.5, 0.6) is 0 Å². The molecule has 61 heavy (non-hydrogen) atoms. The standard InChI is InChI=1S/C47H64FN7O5S/c1-3-44-49-21-27-53(44)34-47(37-10-7-11-38(48)28-37,42-12-8-13-43(42)50-46(57)60-2)36-19-25-52(26-20-36)29-35-30-54(31-35)39-15-17-40(18-16-39)61(58,59)41-32-55(33-41)45(56)14-9-24-51-22-5-4-6-23-51/h7,9-11,14-18,21,27-28,35-36,41-43H,3-6,8,12-13,19-20,22-26,29-34H2,1-2H3,(H,50,57)/b14-9+/t42-,43-,47-/m0/s1. The van der Waals surface area contributed by atoms with Gasteiger partial charge in [-0.05, 0) is 119 Å². The van der Waals surface area contributed by atoms with Gasteiger partial charge in [-0.1, -0.05) is 38.0 Å². The number of rotatable bonds is 15. The van der Waals surface area contributed by atoms with Gasteiger partial charge in [0.1, 0.15) is 16.9 Å². The summed E-state index contributed by atoms with van der Waals surface area (Å²) < 4.78 is 49.5. The maximum atomic E-state index is 15.2. The quantitative estimate of drug-likeness (QED) is 0.186. The molecular weight excluding hydrogens is 794 g/mol. The highest BCUT2D eigenvalue weighted by molar-refractivity contribution is 7.92. The number of alkyl carbamates (subject to hydrolysis) is 1.